The normalized spacial score (nSPS) is 11.2. The Labute approximate surface area is 73.1 Å². The minimum atomic E-state index is 0.797. The summed E-state index contributed by atoms with van der Waals surface area (Å²) in [6.45, 7) is 2.69. The number of benzene rings is 1. The molecule has 12 heavy (non-hydrogen) atoms. The molecule has 1 aromatic rings. The Morgan fingerprint density at radius 2 is 2.08 bits per heavy atom. The Hall–Kier alpha value is -1.44. The fourth-order valence-corrected chi connectivity index (χ4v) is 0.926. The number of allylic oxidation sites excluding steroid dienone is 1. The van der Waals surface area contributed by atoms with Crippen LogP contribution in [-0.4, -0.2) is 0 Å². The van der Waals surface area contributed by atoms with E-state index in [1.54, 1.807) is 0 Å². The molecular formula is C10H14N2. The Morgan fingerprint density at radius 3 is 2.67 bits per heavy atom. The van der Waals surface area contributed by atoms with Crippen molar-refractivity contribution in [2.24, 2.45) is 5.73 Å². The summed E-state index contributed by atoms with van der Waals surface area (Å²) in [5, 5.41) is 3.11. The van der Waals surface area contributed by atoms with E-state index in [2.05, 4.69) is 17.4 Å². The molecule has 0 aliphatic heterocycles. The van der Waals surface area contributed by atoms with E-state index in [4.69, 9.17) is 5.73 Å². The smallest absolute Gasteiger partial charge is 0.0395 e. The van der Waals surface area contributed by atoms with Crippen molar-refractivity contribution in [2.45, 2.75) is 13.5 Å². The van der Waals surface area contributed by atoms with Crippen LogP contribution in [0.4, 0.5) is 0 Å². The van der Waals surface area contributed by atoms with Gasteiger partial charge in [0.15, 0.2) is 0 Å². The first-order valence-corrected chi connectivity index (χ1v) is 3.98. The molecule has 0 unspecified atom stereocenters. The number of hydrogen-bond donors (Lipinski definition) is 2. The fourth-order valence-electron chi connectivity index (χ4n) is 0.926. The molecule has 64 valence electrons. The van der Waals surface area contributed by atoms with Gasteiger partial charge in [0.25, 0.3) is 0 Å². The molecule has 0 atom stereocenters. The number of nitrogens with one attached hydrogen (secondary N) is 1. The highest BCUT2D eigenvalue weighted by molar-refractivity contribution is 5.14. The molecule has 0 fully saturated rings. The van der Waals surface area contributed by atoms with Gasteiger partial charge in [0.1, 0.15) is 0 Å². The molecule has 0 heterocycles. The van der Waals surface area contributed by atoms with Crippen LogP contribution in [0, 0.1) is 0 Å². The zero-order chi connectivity index (χ0) is 8.81. The molecule has 0 aliphatic rings. The maximum absolute atomic E-state index is 5.46. The molecule has 2 nitrogen and oxygen atoms in total. The molecule has 0 bridgehead atoms. The lowest BCUT2D eigenvalue weighted by molar-refractivity contribution is 0.858. The topological polar surface area (TPSA) is 38.0 Å². The highest BCUT2D eigenvalue weighted by Crippen LogP contribution is 1.96. The van der Waals surface area contributed by atoms with E-state index in [0.717, 1.165) is 12.2 Å². The molecule has 1 aromatic carbocycles. The van der Waals surface area contributed by atoms with Gasteiger partial charge in [0.05, 0.1) is 0 Å². The average molecular weight is 162 g/mol. The lowest BCUT2D eigenvalue weighted by atomic mass is 10.2. The Kier molecular flexibility index (Phi) is 3.20. The van der Waals surface area contributed by atoms with Gasteiger partial charge in [0.2, 0.25) is 0 Å². The maximum atomic E-state index is 5.46. The van der Waals surface area contributed by atoms with Gasteiger partial charge in [-0.3, -0.25) is 0 Å². The minimum Gasteiger partial charge on any atom is -0.401 e. The third-order valence-corrected chi connectivity index (χ3v) is 1.48. The summed E-state index contributed by atoms with van der Waals surface area (Å²) in [5.74, 6) is 0. The summed E-state index contributed by atoms with van der Waals surface area (Å²) in [5.41, 5.74) is 7.51. The van der Waals surface area contributed by atoms with Crippen LogP contribution in [0.3, 0.4) is 0 Å². The maximum Gasteiger partial charge on any atom is 0.0395 e. The first-order valence-electron chi connectivity index (χ1n) is 3.98. The van der Waals surface area contributed by atoms with Crippen LogP contribution in [0.25, 0.3) is 0 Å². The zero-order valence-corrected chi connectivity index (χ0v) is 7.25. The molecule has 0 aliphatic carbocycles. The van der Waals surface area contributed by atoms with E-state index in [9.17, 15) is 0 Å². The zero-order valence-electron chi connectivity index (χ0n) is 7.25. The lowest BCUT2D eigenvalue weighted by Crippen LogP contribution is -2.07. The molecule has 0 spiro atoms. The molecule has 0 aromatic heterocycles. The molecule has 3 N–H and O–H groups in total. The first-order chi connectivity index (χ1) is 5.79. The Morgan fingerprint density at radius 1 is 1.42 bits per heavy atom. The van der Waals surface area contributed by atoms with Crippen LogP contribution in [0.2, 0.25) is 0 Å². The van der Waals surface area contributed by atoms with Crippen molar-refractivity contribution in [3.05, 3.63) is 47.8 Å². The third kappa shape index (κ3) is 3.10. The molecule has 2 heteroatoms. The van der Waals surface area contributed by atoms with E-state index in [1.807, 2.05) is 31.3 Å². The van der Waals surface area contributed by atoms with Crippen molar-refractivity contribution in [3.8, 4) is 0 Å². The van der Waals surface area contributed by atoms with Gasteiger partial charge in [-0.15, -0.1) is 0 Å². The van der Waals surface area contributed by atoms with Crippen molar-refractivity contribution in [1.29, 1.82) is 0 Å². The molecule has 0 radical (unpaired) electrons. The average Bonchev–Trinajstić information content (AvgIpc) is 2.05. The number of hydrogen-bond acceptors (Lipinski definition) is 2. The van der Waals surface area contributed by atoms with E-state index < -0.39 is 0 Å². The van der Waals surface area contributed by atoms with Gasteiger partial charge in [-0.2, -0.15) is 0 Å². The van der Waals surface area contributed by atoms with Crippen molar-refractivity contribution in [3.63, 3.8) is 0 Å². The van der Waals surface area contributed by atoms with Gasteiger partial charge in [-0.25, -0.2) is 0 Å². The summed E-state index contributed by atoms with van der Waals surface area (Å²) < 4.78 is 0. The van der Waals surface area contributed by atoms with Crippen molar-refractivity contribution in [1.82, 2.24) is 5.32 Å². The van der Waals surface area contributed by atoms with Gasteiger partial charge >= 0.3 is 0 Å². The summed E-state index contributed by atoms with van der Waals surface area (Å²) >= 11 is 0. The van der Waals surface area contributed by atoms with Gasteiger partial charge in [0, 0.05) is 18.4 Å². The monoisotopic (exact) mass is 162 g/mol. The highest BCUT2D eigenvalue weighted by Gasteiger charge is 1.86. The van der Waals surface area contributed by atoms with Crippen molar-refractivity contribution >= 4 is 0 Å². The molecule has 0 amide bonds. The minimum absolute atomic E-state index is 0.797. The summed E-state index contributed by atoms with van der Waals surface area (Å²) in [7, 11) is 0. The van der Waals surface area contributed by atoms with Crippen LogP contribution in [0.15, 0.2) is 42.2 Å². The quantitative estimate of drug-likeness (QED) is 0.708. The third-order valence-electron chi connectivity index (χ3n) is 1.48. The van der Waals surface area contributed by atoms with E-state index in [0.29, 0.717) is 0 Å². The lowest BCUT2D eigenvalue weighted by Gasteiger charge is -2.00. The second-order valence-electron chi connectivity index (χ2n) is 2.75. The molecule has 0 saturated carbocycles. The standard InChI is InChI=1S/C10H14N2/c1-9(11)7-12-8-10-5-3-2-4-6-10/h2-7,12H,8,11H2,1H3/b9-7+. The van der Waals surface area contributed by atoms with Gasteiger partial charge in [-0.1, -0.05) is 30.3 Å². The van der Waals surface area contributed by atoms with Gasteiger partial charge in [-0.05, 0) is 12.5 Å². The van der Waals surface area contributed by atoms with E-state index >= 15 is 0 Å². The highest BCUT2D eigenvalue weighted by atomic mass is 14.8. The van der Waals surface area contributed by atoms with Crippen LogP contribution in [-0.2, 0) is 6.54 Å². The second kappa shape index (κ2) is 4.44. The van der Waals surface area contributed by atoms with Crippen LogP contribution in [0.5, 0.6) is 0 Å². The Balaban J connectivity index is 2.39. The number of nitrogens with two attached hydrogens (primary N) is 1. The SMILES string of the molecule is C/C(N)=C\NCc1ccccc1. The molecular weight excluding hydrogens is 148 g/mol. The molecule has 0 saturated heterocycles. The fraction of sp³-hybridized carbons (Fsp3) is 0.200. The van der Waals surface area contributed by atoms with Crippen LogP contribution in [0.1, 0.15) is 12.5 Å². The Bertz CT molecular complexity index is 248. The molecule has 1 rings (SSSR count). The largest absolute Gasteiger partial charge is 0.401 e. The summed E-state index contributed by atoms with van der Waals surface area (Å²) in [6.07, 6.45) is 1.81. The predicted molar refractivity (Wildman–Crippen MR) is 51.2 cm³/mol. The predicted octanol–water partition coefficient (Wildman–Crippen LogP) is 1.60. The van der Waals surface area contributed by atoms with Crippen molar-refractivity contribution < 1.29 is 0 Å². The van der Waals surface area contributed by atoms with Crippen LogP contribution < -0.4 is 11.1 Å². The summed E-state index contributed by atoms with van der Waals surface area (Å²) in [4.78, 5) is 0. The van der Waals surface area contributed by atoms with E-state index in [-0.39, 0.29) is 0 Å². The first kappa shape index (κ1) is 8.65. The van der Waals surface area contributed by atoms with Crippen LogP contribution >= 0.6 is 0 Å². The van der Waals surface area contributed by atoms with E-state index in [1.165, 1.54) is 5.56 Å². The van der Waals surface area contributed by atoms with Crippen molar-refractivity contribution in [2.75, 3.05) is 0 Å². The second-order valence-corrected chi connectivity index (χ2v) is 2.75. The summed E-state index contributed by atoms with van der Waals surface area (Å²) in [6, 6.07) is 10.2. The van der Waals surface area contributed by atoms with Gasteiger partial charge < -0.3 is 11.1 Å². The number of rotatable bonds is 3.